The Labute approximate surface area is 218 Å². The van der Waals surface area contributed by atoms with Gasteiger partial charge < -0.3 is 10.7 Å². The van der Waals surface area contributed by atoms with Crippen LogP contribution in [0.5, 0.6) is 0 Å². The minimum Gasteiger partial charge on any atom is -0.366 e. The number of aromatic amines is 1. The highest BCUT2D eigenvalue weighted by Crippen LogP contribution is 2.38. The van der Waals surface area contributed by atoms with E-state index in [2.05, 4.69) is 10.3 Å². The molecule has 1 amide bonds. The van der Waals surface area contributed by atoms with E-state index in [9.17, 15) is 21.6 Å². The molecular formula is C26H32N4O5S2. The van der Waals surface area contributed by atoms with Crippen LogP contribution in [0.25, 0.3) is 22.0 Å². The van der Waals surface area contributed by atoms with Crippen molar-refractivity contribution in [3.8, 4) is 11.1 Å². The topological polar surface area (TPSA) is 142 Å². The van der Waals surface area contributed by atoms with Crippen LogP contribution >= 0.6 is 0 Å². The van der Waals surface area contributed by atoms with Crippen molar-refractivity contribution in [3.63, 3.8) is 0 Å². The van der Waals surface area contributed by atoms with Gasteiger partial charge in [-0.3, -0.25) is 10.1 Å². The number of rotatable bonds is 9. The van der Waals surface area contributed by atoms with Crippen molar-refractivity contribution >= 4 is 37.5 Å². The second kappa shape index (κ2) is 9.86. The maximum Gasteiger partial charge on any atom is 0.250 e. The summed E-state index contributed by atoms with van der Waals surface area (Å²) in [6.07, 6.45) is 4.57. The van der Waals surface area contributed by atoms with Crippen LogP contribution < -0.4 is 11.1 Å². The van der Waals surface area contributed by atoms with Crippen LogP contribution in [0.1, 0.15) is 60.0 Å². The molecule has 1 aromatic heterocycles. The zero-order valence-corrected chi connectivity index (χ0v) is 22.4. The molecule has 0 unspecified atom stereocenters. The molecule has 2 fully saturated rings. The summed E-state index contributed by atoms with van der Waals surface area (Å²) in [6.45, 7) is 3.04. The molecule has 0 atom stereocenters. The monoisotopic (exact) mass is 544 g/mol. The van der Waals surface area contributed by atoms with Crippen molar-refractivity contribution in [2.45, 2.75) is 49.9 Å². The summed E-state index contributed by atoms with van der Waals surface area (Å²) in [6, 6.07) is 11.6. The minimum atomic E-state index is -3.21. The number of thiol groups is 1. The van der Waals surface area contributed by atoms with E-state index in [0.29, 0.717) is 56.4 Å². The lowest BCUT2D eigenvalue weighted by Gasteiger charge is -2.31. The Morgan fingerprint density at radius 2 is 1.89 bits per heavy atom. The Morgan fingerprint density at radius 1 is 1.16 bits per heavy atom. The van der Waals surface area contributed by atoms with E-state index in [1.807, 2.05) is 36.5 Å². The maximum atomic E-state index is 12.4. The number of nitrogens with one attached hydrogen (secondary N) is 2. The number of hydrogen-bond acceptors (Lipinski definition) is 6. The maximum absolute atomic E-state index is 12.4. The van der Waals surface area contributed by atoms with Gasteiger partial charge in [-0.25, -0.2) is 21.1 Å². The van der Waals surface area contributed by atoms with Crippen LogP contribution in [0, 0.1) is 0 Å². The quantitative estimate of drug-likeness (QED) is 0.305. The summed E-state index contributed by atoms with van der Waals surface area (Å²) in [4.78, 5) is 14.8. The Morgan fingerprint density at radius 3 is 2.51 bits per heavy atom. The molecule has 1 saturated heterocycles. The van der Waals surface area contributed by atoms with Crippen molar-refractivity contribution in [2.24, 2.45) is 5.73 Å². The number of H-pyrrole nitrogens is 1. The van der Waals surface area contributed by atoms with E-state index in [0.717, 1.165) is 27.6 Å². The minimum absolute atomic E-state index is 0.0981. The zero-order chi connectivity index (χ0) is 26.4. The van der Waals surface area contributed by atoms with E-state index in [4.69, 9.17) is 5.73 Å². The number of carbonyl (C=O) groups excluding carboxylic acids is 1. The number of nitrogens with two attached hydrogens (primary N) is 1. The molecule has 3 aromatic rings. The zero-order valence-electron chi connectivity index (χ0n) is 20.7. The van der Waals surface area contributed by atoms with Crippen molar-refractivity contribution < 1.29 is 21.6 Å². The number of aromatic nitrogens is 1. The molecule has 1 aliphatic carbocycles. The van der Waals surface area contributed by atoms with Gasteiger partial charge in [-0.1, -0.05) is 18.2 Å². The molecule has 37 heavy (non-hydrogen) atoms. The van der Waals surface area contributed by atoms with Gasteiger partial charge in [0.1, 0.15) is 4.87 Å². The standard InChI is InChI=1S/C26H32N4O5S2/c1-2-37(34,35)30-10-6-18(7-11-30)23-16-28-24-21(23)13-20(14-22(24)25(27)31)19-5-3-4-17(12-19)15-29-26(8-9-26)36(32)33/h3-5,12-14,16,18,28-29,36H,2,6-11,15H2,1H3,(H2,27,31). The summed E-state index contributed by atoms with van der Waals surface area (Å²) < 4.78 is 49.2. The van der Waals surface area contributed by atoms with Crippen LogP contribution in [-0.2, 0) is 27.3 Å². The molecule has 2 heterocycles. The SMILES string of the molecule is CCS(=O)(=O)N1CCC(c2c[nH]c3c(C(N)=O)cc(-c4cccc(CNC5([SH](=O)=O)CC5)c4)cc23)CC1. The molecule has 0 spiro atoms. The second-order valence-electron chi connectivity index (χ2n) is 9.97. The third kappa shape index (κ3) is 5.05. The predicted octanol–water partition coefficient (Wildman–Crippen LogP) is 2.65. The lowest BCUT2D eigenvalue weighted by Crippen LogP contribution is -2.38. The molecule has 2 aromatic carbocycles. The summed E-state index contributed by atoms with van der Waals surface area (Å²) in [5, 5.41) is 4.08. The van der Waals surface area contributed by atoms with Crippen molar-refractivity contribution in [2.75, 3.05) is 18.8 Å². The predicted molar refractivity (Wildman–Crippen MR) is 144 cm³/mol. The van der Waals surface area contributed by atoms with Gasteiger partial charge in [0.25, 0.3) is 5.91 Å². The van der Waals surface area contributed by atoms with E-state index in [1.165, 1.54) is 0 Å². The molecule has 5 rings (SSSR count). The largest absolute Gasteiger partial charge is 0.366 e. The summed E-state index contributed by atoms with van der Waals surface area (Å²) in [5.74, 6) is -0.273. The van der Waals surface area contributed by atoms with Crippen LogP contribution in [0.3, 0.4) is 0 Å². The smallest absolute Gasteiger partial charge is 0.250 e. The molecule has 0 radical (unpaired) electrons. The molecule has 0 bridgehead atoms. The van der Waals surface area contributed by atoms with Gasteiger partial charge in [0.15, 0.2) is 10.7 Å². The van der Waals surface area contributed by atoms with Gasteiger partial charge in [-0.05, 0) is 79.0 Å². The summed E-state index contributed by atoms with van der Waals surface area (Å²) in [5.41, 5.74) is 10.6. The Hall–Kier alpha value is -2.73. The second-order valence-corrected chi connectivity index (χ2v) is 13.6. The third-order valence-corrected chi connectivity index (χ3v) is 10.9. The van der Waals surface area contributed by atoms with Crippen LogP contribution in [0.2, 0.25) is 0 Å². The van der Waals surface area contributed by atoms with E-state index < -0.39 is 31.5 Å². The molecule has 4 N–H and O–H groups in total. The van der Waals surface area contributed by atoms with Gasteiger partial charge in [-0.15, -0.1) is 0 Å². The molecular weight excluding hydrogens is 512 g/mol. The Kier molecular flexibility index (Phi) is 6.90. The first-order chi connectivity index (χ1) is 17.6. The summed E-state index contributed by atoms with van der Waals surface area (Å²) >= 11 is 0. The Balaban J connectivity index is 1.46. The van der Waals surface area contributed by atoms with E-state index in [-0.39, 0.29) is 11.7 Å². The van der Waals surface area contributed by atoms with Crippen molar-refractivity contribution in [1.29, 1.82) is 0 Å². The number of benzene rings is 2. The average molecular weight is 545 g/mol. The highest BCUT2D eigenvalue weighted by Gasteiger charge is 2.46. The normalized spacial score (nSPS) is 18.4. The van der Waals surface area contributed by atoms with Gasteiger partial charge in [0, 0.05) is 31.2 Å². The van der Waals surface area contributed by atoms with Crippen molar-refractivity contribution in [3.05, 3.63) is 59.3 Å². The first kappa shape index (κ1) is 25.9. The molecule has 1 saturated carbocycles. The molecule has 198 valence electrons. The first-order valence-electron chi connectivity index (χ1n) is 12.5. The number of piperidine rings is 1. The number of nitrogens with zero attached hydrogens (tertiary/aromatic N) is 1. The van der Waals surface area contributed by atoms with Gasteiger partial charge in [0.05, 0.1) is 16.8 Å². The van der Waals surface area contributed by atoms with Gasteiger partial charge >= 0.3 is 0 Å². The highest BCUT2D eigenvalue weighted by molar-refractivity contribution is 7.89. The molecule has 2 aliphatic rings. The van der Waals surface area contributed by atoms with Gasteiger partial charge in [0.2, 0.25) is 10.0 Å². The van der Waals surface area contributed by atoms with Crippen LogP contribution in [-0.4, -0.2) is 55.7 Å². The number of carbonyl (C=O) groups is 1. The molecule has 11 heteroatoms. The third-order valence-electron chi connectivity index (χ3n) is 7.69. The van der Waals surface area contributed by atoms with Crippen LogP contribution in [0.15, 0.2) is 42.6 Å². The van der Waals surface area contributed by atoms with E-state index in [1.54, 1.807) is 17.3 Å². The fraction of sp³-hybridized carbons (Fsp3) is 0.423. The lowest BCUT2D eigenvalue weighted by atomic mass is 9.88. The first-order valence-corrected chi connectivity index (χ1v) is 15.3. The average Bonchev–Trinajstić information content (AvgIpc) is 3.58. The van der Waals surface area contributed by atoms with Crippen LogP contribution in [0.4, 0.5) is 0 Å². The number of hydrogen-bond donors (Lipinski definition) is 4. The fourth-order valence-electron chi connectivity index (χ4n) is 5.25. The number of fused-ring (bicyclic) bond motifs is 1. The van der Waals surface area contributed by atoms with Crippen molar-refractivity contribution in [1.82, 2.24) is 14.6 Å². The fourth-order valence-corrected chi connectivity index (χ4v) is 7.07. The van der Waals surface area contributed by atoms with E-state index >= 15 is 0 Å². The number of sulfonamides is 1. The molecule has 1 aliphatic heterocycles. The van der Waals surface area contributed by atoms with Gasteiger partial charge in [-0.2, -0.15) is 0 Å². The summed E-state index contributed by atoms with van der Waals surface area (Å²) in [7, 11) is -5.74. The number of amides is 1. The molecule has 9 nitrogen and oxygen atoms in total. The Bertz CT molecular complexity index is 1520. The highest BCUT2D eigenvalue weighted by atomic mass is 32.2. The number of primary amides is 1. The lowest BCUT2D eigenvalue weighted by molar-refractivity contribution is 0.100.